The molecular weight excluding hydrogens is 366 g/mol. The number of aryl methyl sites for hydroxylation is 2. The molecule has 2 aromatic carbocycles. The van der Waals surface area contributed by atoms with Crippen molar-refractivity contribution in [3.8, 4) is 0 Å². The number of esters is 1. The highest BCUT2D eigenvalue weighted by Gasteiger charge is 2.30. The zero-order valence-corrected chi connectivity index (χ0v) is 17.2. The van der Waals surface area contributed by atoms with Crippen LogP contribution in [0.25, 0.3) is 0 Å². The quantitative estimate of drug-likeness (QED) is 0.570. The van der Waals surface area contributed by atoms with E-state index in [2.05, 4.69) is 0 Å². The van der Waals surface area contributed by atoms with E-state index in [1.54, 1.807) is 36.1 Å². The zero-order valence-electron chi connectivity index (χ0n) is 17.2. The van der Waals surface area contributed by atoms with Gasteiger partial charge in [0.15, 0.2) is 5.78 Å². The van der Waals surface area contributed by atoms with E-state index in [0.29, 0.717) is 49.2 Å². The second-order valence-electron chi connectivity index (χ2n) is 7.51. The second kappa shape index (κ2) is 9.03. The van der Waals surface area contributed by atoms with Gasteiger partial charge in [-0.1, -0.05) is 35.9 Å². The lowest BCUT2D eigenvalue weighted by Gasteiger charge is -2.31. The van der Waals surface area contributed by atoms with E-state index in [0.717, 1.165) is 11.1 Å². The summed E-state index contributed by atoms with van der Waals surface area (Å²) in [5.41, 5.74) is 3.33. The first-order valence-electron chi connectivity index (χ1n) is 10.1. The molecule has 0 atom stereocenters. The van der Waals surface area contributed by atoms with E-state index in [4.69, 9.17) is 4.74 Å². The first-order valence-corrected chi connectivity index (χ1v) is 10.1. The first-order chi connectivity index (χ1) is 13.9. The Morgan fingerprint density at radius 2 is 1.62 bits per heavy atom. The molecule has 0 aromatic heterocycles. The van der Waals surface area contributed by atoms with Crippen LogP contribution in [0.4, 0.5) is 0 Å². The van der Waals surface area contributed by atoms with Crippen molar-refractivity contribution in [2.45, 2.75) is 33.6 Å². The summed E-state index contributed by atoms with van der Waals surface area (Å²) in [4.78, 5) is 40.0. The minimum atomic E-state index is -0.190. The lowest BCUT2D eigenvalue weighted by atomic mass is 9.92. The third-order valence-electron chi connectivity index (χ3n) is 5.44. The first kappa shape index (κ1) is 20.8. The van der Waals surface area contributed by atoms with Gasteiger partial charge >= 0.3 is 5.97 Å². The van der Waals surface area contributed by atoms with Gasteiger partial charge in [0.25, 0.3) is 5.91 Å². The van der Waals surface area contributed by atoms with Gasteiger partial charge in [0, 0.05) is 24.2 Å². The maximum atomic E-state index is 13.2. The molecule has 1 saturated heterocycles. The molecule has 0 bridgehead atoms. The monoisotopic (exact) mass is 393 g/mol. The standard InChI is InChI=1S/C24H27NO4/c1-4-29-24(28)18-11-13-25(14-12-18)23(27)20-8-6-5-7-19(20)22(26)21-15-16(2)9-10-17(21)3/h5-10,15,18H,4,11-14H2,1-3H3. The molecule has 152 valence electrons. The van der Waals surface area contributed by atoms with Crippen molar-refractivity contribution in [2.75, 3.05) is 19.7 Å². The summed E-state index contributed by atoms with van der Waals surface area (Å²) in [5.74, 6) is -0.658. The van der Waals surface area contributed by atoms with E-state index in [1.165, 1.54) is 0 Å². The molecule has 1 heterocycles. The molecule has 0 unspecified atom stereocenters. The van der Waals surface area contributed by atoms with E-state index < -0.39 is 0 Å². The third kappa shape index (κ3) is 4.56. The summed E-state index contributed by atoms with van der Waals surface area (Å²) in [6, 6.07) is 12.7. The Balaban J connectivity index is 1.80. The van der Waals surface area contributed by atoms with Crippen LogP contribution < -0.4 is 0 Å². The third-order valence-corrected chi connectivity index (χ3v) is 5.44. The van der Waals surface area contributed by atoms with Crippen LogP contribution >= 0.6 is 0 Å². The molecule has 0 radical (unpaired) electrons. The van der Waals surface area contributed by atoms with Gasteiger partial charge in [0.1, 0.15) is 0 Å². The minimum absolute atomic E-state index is 0.142. The molecular formula is C24H27NO4. The smallest absolute Gasteiger partial charge is 0.309 e. The molecule has 3 rings (SSSR count). The maximum absolute atomic E-state index is 13.2. The molecule has 29 heavy (non-hydrogen) atoms. The number of hydrogen-bond acceptors (Lipinski definition) is 4. The molecule has 1 aliphatic rings. The van der Waals surface area contributed by atoms with Crippen LogP contribution in [0.1, 0.15) is 57.2 Å². The molecule has 5 nitrogen and oxygen atoms in total. The molecule has 1 fully saturated rings. The van der Waals surface area contributed by atoms with Gasteiger partial charge in [-0.25, -0.2) is 0 Å². The van der Waals surface area contributed by atoms with Crippen molar-refractivity contribution in [2.24, 2.45) is 5.92 Å². The van der Waals surface area contributed by atoms with Crippen LogP contribution in [0.5, 0.6) is 0 Å². The summed E-state index contributed by atoms with van der Waals surface area (Å²) in [6.45, 7) is 6.97. The average Bonchev–Trinajstić information content (AvgIpc) is 2.74. The largest absolute Gasteiger partial charge is 0.466 e. The Morgan fingerprint density at radius 1 is 0.966 bits per heavy atom. The summed E-state index contributed by atoms with van der Waals surface area (Å²) >= 11 is 0. The molecule has 0 N–H and O–H groups in total. The summed E-state index contributed by atoms with van der Waals surface area (Å²) < 4.78 is 5.10. The zero-order chi connectivity index (χ0) is 21.0. The highest BCUT2D eigenvalue weighted by molar-refractivity contribution is 6.16. The van der Waals surface area contributed by atoms with Crippen LogP contribution in [0.15, 0.2) is 42.5 Å². The molecule has 5 heteroatoms. The second-order valence-corrected chi connectivity index (χ2v) is 7.51. The Labute approximate surface area is 171 Å². The van der Waals surface area contributed by atoms with Gasteiger partial charge in [0.05, 0.1) is 18.1 Å². The van der Waals surface area contributed by atoms with E-state index >= 15 is 0 Å². The van der Waals surface area contributed by atoms with Crippen LogP contribution in [-0.4, -0.2) is 42.3 Å². The number of benzene rings is 2. The molecule has 1 amide bonds. The number of carbonyl (C=O) groups excluding carboxylic acids is 3. The number of hydrogen-bond donors (Lipinski definition) is 0. The Hall–Kier alpha value is -2.95. The molecule has 0 saturated carbocycles. The number of ether oxygens (including phenoxy) is 1. The normalized spacial score (nSPS) is 14.5. The van der Waals surface area contributed by atoms with Gasteiger partial charge < -0.3 is 9.64 Å². The number of nitrogens with zero attached hydrogens (tertiary/aromatic N) is 1. The fraction of sp³-hybridized carbons (Fsp3) is 0.375. The van der Waals surface area contributed by atoms with Crippen LogP contribution in [0.2, 0.25) is 0 Å². The van der Waals surface area contributed by atoms with E-state index in [1.807, 2.05) is 32.0 Å². The Kier molecular flexibility index (Phi) is 6.47. The topological polar surface area (TPSA) is 63.7 Å². The van der Waals surface area contributed by atoms with E-state index in [9.17, 15) is 14.4 Å². The van der Waals surface area contributed by atoms with Crippen molar-refractivity contribution in [1.29, 1.82) is 0 Å². The number of piperidine rings is 1. The number of carbonyl (C=O) groups is 3. The highest BCUT2D eigenvalue weighted by Crippen LogP contribution is 2.24. The Bertz CT molecular complexity index is 926. The van der Waals surface area contributed by atoms with Gasteiger partial charge in [-0.3, -0.25) is 14.4 Å². The number of amides is 1. The van der Waals surface area contributed by atoms with Crippen LogP contribution in [0, 0.1) is 19.8 Å². The summed E-state index contributed by atoms with van der Waals surface area (Å²) in [7, 11) is 0. The highest BCUT2D eigenvalue weighted by atomic mass is 16.5. The molecule has 2 aromatic rings. The predicted octanol–water partition coefficient (Wildman–Crippen LogP) is 3.95. The molecule has 0 spiro atoms. The van der Waals surface area contributed by atoms with Crippen molar-refractivity contribution >= 4 is 17.7 Å². The fourth-order valence-electron chi connectivity index (χ4n) is 3.74. The van der Waals surface area contributed by atoms with Gasteiger partial charge in [0.2, 0.25) is 0 Å². The van der Waals surface area contributed by atoms with Gasteiger partial charge in [-0.05, 0) is 51.3 Å². The number of likely N-dealkylation sites (tertiary alicyclic amines) is 1. The summed E-state index contributed by atoms with van der Waals surface area (Å²) in [6.07, 6.45) is 1.16. The Morgan fingerprint density at radius 3 is 2.28 bits per heavy atom. The van der Waals surface area contributed by atoms with E-state index in [-0.39, 0.29) is 23.6 Å². The van der Waals surface area contributed by atoms with Gasteiger partial charge in [-0.2, -0.15) is 0 Å². The van der Waals surface area contributed by atoms with Crippen LogP contribution in [-0.2, 0) is 9.53 Å². The van der Waals surface area contributed by atoms with Crippen molar-refractivity contribution in [3.63, 3.8) is 0 Å². The fourth-order valence-corrected chi connectivity index (χ4v) is 3.74. The number of rotatable bonds is 5. The van der Waals surface area contributed by atoms with Gasteiger partial charge in [-0.15, -0.1) is 0 Å². The molecule has 0 aliphatic carbocycles. The lowest BCUT2D eigenvalue weighted by molar-refractivity contribution is -0.149. The van der Waals surface area contributed by atoms with Crippen molar-refractivity contribution < 1.29 is 19.1 Å². The van der Waals surface area contributed by atoms with Crippen molar-refractivity contribution in [3.05, 3.63) is 70.3 Å². The average molecular weight is 393 g/mol. The maximum Gasteiger partial charge on any atom is 0.309 e. The predicted molar refractivity (Wildman–Crippen MR) is 111 cm³/mol. The molecule has 1 aliphatic heterocycles. The lowest BCUT2D eigenvalue weighted by Crippen LogP contribution is -2.41. The summed E-state index contributed by atoms with van der Waals surface area (Å²) in [5, 5.41) is 0. The van der Waals surface area contributed by atoms with Crippen LogP contribution in [0.3, 0.4) is 0 Å². The van der Waals surface area contributed by atoms with Crippen molar-refractivity contribution in [1.82, 2.24) is 4.90 Å². The minimum Gasteiger partial charge on any atom is -0.466 e. The SMILES string of the molecule is CCOC(=O)C1CCN(C(=O)c2ccccc2C(=O)c2cc(C)ccc2C)CC1. The number of ketones is 1.